The maximum absolute atomic E-state index is 12.7. The van der Waals surface area contributed by atoms with Gasteiger partial charge < -0.3 is 0 Å². The number of aromatic nitrogens is 3. The highest BCUT2D eigenvalue weighted by molar-refractivity contribution is 7.89. The molecule has 142 valence electrons. The first-order chi connectivity index (χ1) is 12.3. The first-order valence-corrected chi connectivity index (χ1v) is 10.8. The van der Waals surface area contributed by atoms with Gasteiger partial charge >= 0.3 is 0 Å². The summed E-state index contributed by atoms with van der Waals surface area (Å²) >= 11 is 0. The topological polar surface area (TPSA) is 68.1 Å². The fourth-order valence-corrected chi connectivity index (χ4v) is 4.80. The lowest BCUT2D eigenvalue weighted by Gasteiger charge is -2.13. The Labute approximate surface area is 156 Å². The smallest absolute Gasteiger partial charge is 0.216 e. The first-order valence-electron chi connectivity index (χ1n) is 9.28. The summed E-state index contributed by atoms with van der Waals surface area (Å²) in [7, 11) is -1.75. The number of nitrogens with zero attached hydrogens (tertiary/aromatic N) is 4. The largest absolute Gasteiger partial charge is 0.224 e. The minimum atomic E-state index is -3.38. The summed E-state index contributed by atoms with van der Waals surface area (Å²) in [6, 6.07) is 8.14. The molecule has 1 fully saturated rings. The normalized spacial score (nSPS) is 21.4. The van der Waals surface area contributed by atoms with Crippen LogP contribution in [0.1, 0.15) is 74.8 Å². The molecule has 0 amide bonds. The van der Waals surface area contributed by atoms with E-state index in [0.29, 0.717) is 30.5 Å². The first kappa shape index (κ1) is 19.0. The fourth-order valence-electron chi connectivity index (χ4n) is 3.19. The number of benzene rings is 1. The fraction of sp³-hybridized carbons (Fsp3) is 0.579. The molecule has 0 spiro atoms. The van der Waals surface area contributed by atoms with Gasteiger partial charge in [-0.2, -0.15) is 5.10 Å². The minimum Gasteiger partial charge on any atom is -0.216 e. The quantitative estimate of drug-likeness (QED) is 0.799. The van der Waals surface area contributed by atoms with Crippen LogP contribution in [0.15, 0.2) is 24.3 Å². The molecule has 2 atom stereocenters. The van der Waals surface area contributed by atoms with E-state index in [1.54, 1.807) is 11.7 Å². The van der Waals surface area contributed by atoms with Crippen LogP contribution in [0, 0.1) is 0 Å². The molecule has 0 bridgehead atoms. The van der Waals surface area contributed by atoms with E-state index in [1.807, 2.05) is 12.1 Å². The molecule has 0 aliphatic carbocycles. The average molecular weight is 377 g/mol. The number of rotatable bonds is 5. The molecule has 0 saturated carbocycles. The highest BCUT2D eigenvalue weighted by Gasteiger charge is 2.41. The van der Waals surface area contributed by atoms with Crippen LogP contribution in [0.3, 0.4) is 0 Å². The Balaban J connectivity index is 2.10. The maximum Gasteiger partial charge on any atom is 0.224 e. The van der Waals surface area contributed by atoms with Gasteiger partial charge in [0.25, 0.3) is 0 Å². The van der Waals surface area contributed by atoms with E-state index in [1.165, 1.54) is 9.87 Å². The van der Waals surface area contributed by atoms with Gasteiger partial charge in [0, 0.05) is 19.5 Å². The molecule has 2 aromatic rings. The Morgan fingerprint density at radius 2 is 1.85 bits per heavy atom. The van der Waals surface area contributed by atoms with E-state index in [-0.39, 0.29) is 5.92 Å². The van der Waals surface area contributed by atoms with E-state index in [0.717, 1.165) is 12.1 Å². The van der Waals surface area contributed by atoms with Crippen LogP contribution >= 0.6 is 0 Å². The van der Waals surface area contributed by atoms with Crippen molar-refractivity contribution in [3.63, 3.8) is 0 Å². The second-order valence-electron chi connectivity index (χ2n) is 7.44. The van der Waals surface area contributed by atoms with Gasteiger partial charge in [-0.3, -0.25) is 0 Å². The lowest BCUT2D eigenvalue weighted by molar-refractivity contribution is 0.507. The molecule has 6 nitrogen and oxygen atoms in total. The minimum absolute atomic E-state index is 0.187. The third-order valence-electron chi connectivity index (χ3n) is 5.29. The SMILES string of the molecule is CCC(C)c1nc(C2CCN(C)S2(=O)=O)n(-c2ccc(C(C)C)cc2)n1. The molecule has 0 radical (unpaired) electrons. The zero-order valence-electron chi connectivity index (χ0n) is 16.2. The summed E-state index contributed by atoms with van der Waals surface area (Å²) in [5, 5.41) is 4.05. The Morgan fingerprint density at radius 3 is 2.35 bits per heavy atom. The van der Waals surface area contributed by atoms with E-state index < -0.39 is 15.3 Å². The van der Waals surface area contributed by atoms with Crippen molar-refractivity contribution in [3.8, 4) is 5.69 Å². The van der Waals surface area contributed by atoms with Gasteiger partial charge in [-0.05, 0) is 36.5 Å². The van der Waals surface area contributed by atoms with Gasteiger partial charge in [-0.15, -0.1) is 0 Å². The molecule has 1 aromatic heterocycles. The second kappa shape index (κ2) is 7.12. The second-order valence-corrected chi connectivity index (χ2v) is 9.66. The lowest BCUT2D eigenvalue weighted by atomic mass is 10.0. The van der Waals surface area contributed by atoms with Crippen LogP contribution in [0.5, 0.6) is 0 Å². The van der Waals surface area contributed by atoms with Crippen LogP contribution in [0.4, 0.5) is 0 Å². The summed E-state index contributed by atoms with van der Waals surface area (Å²) < 4.78 is 28.6. The highest BCUT2D eigenvalue weighted by atomic mass is 32.2. The van der Waals surface area contributed by atoms with E-state index in [9.17, 15) is 8.42 Å². The third-order valence-corrected chi connectivity index (χ3v) is 7.51. The predicted molar refractivity (Wildman–Crippen MR) is 103 cm³/mol. The molecular weight excluding hydrogens is 348 g/mol. The van der Waals surface area contributed by atoms with Crippen LogP contribution in [0.25, 0.3) is 5.69 Å². The van der Waals surface area contributed by atoms with Gasteiger partial charge in [-0.1, -0.05) is 39.8 Å². The van der Waals surface area contributed by atoms with Crippen LogP contribution < -0.4 is 0 Å². The summed E-state index contributed by atoms with van der Waals surface area (Å²) in [5.41, 5.74) is 2.10. The Bertz CT molecular complexity index is 871. The van der Waals surface area contributed by atoms with Crippen molar-refractivity contribution < 1.29 is 8.42 Å². The highest BCUT2D eigenvalue weighted by Crippen LogP contribution is 2.35. The van der Waals surface area contributed by atoms with Gasteiger partial charge in [-0.25, -0.2) is 22.4 Å². The van der Waals surface area contributed by atoms with Gasteiger partial charge in [0.2, 0.25) is 10.0 Å². The van der Waals surface area contributed by atoms with Crippen molar-refractivity contribution >= 4 is 10.0 Å². The molecule has 3 rings (SSSR count). The molecule has 2 unspecified atom stereocenters. The summed E-state index contributed by atoms with van der Waals surface area (Å²) in [6.07, 6.45) is 1.45. The van der Waals surface area contributed by atoms with Crippen molar-refractivity contribution in [2.45, 2.75) is 57.6 Å². The van der Waals surface area contributed by atoms with Gasteiger partial charge in [0.15, 0.2) is 11.6 Å². The van der Waals surface area contributed by atoms with E-state index >= 15 is 0 Å². The van der Waals surface area contributed by atoms with E-state index in [4.69, 9.17) is 0 Å². The average Bonchev–Trinajstić information content (AvgIpc) is 3.16. The molecule has 7 heteroatoms. The predicted octanol–water partition coefficient (Wildman–Crippen LogP) is 3.61. The Hall–Kier alpha value is -1.73. The molecule has 1 aliphatic heterocycles. The summed E-state index contributed by atoms with van der Waals surface area (Å²) in [4.78, 5) is 4.67. The van der Waals surface area contributed by atoms with Crippen molar-refractivity contribution in [3.05, 3.63) is 41.5 Å². The van der Waals surface area contributed by atoms with Crippen LogP contribution in [-0.4, -0.2) is 41.1 Å². The zero-order valence-corrected chi connectivity index (χ0v) is 17.0. The number of hydrogen-bond acceptors (Lipinski definition) is 4. The zero-order chi connectivity index (χ0) is 19.1. The van der Waals surface area contributed by atoms with E-state index in [2.05, 4.69) is 49.9 Å². The van der Waals surface area contributed by atoms with Crippen molar-refractivity contribution in [2.75, 3.05) is 13.6 Å². The lowest BCUT2D eigenvalue weighted by Crippen LogP contribution is -2.23. The van der Waals surface area contributed by atoms with Crippen molar-refractivity contribution in [2.24, 2.45) is 0 Å². The maximum atomic E-state index is 12.7. The Kier molecular flexibility index (Phi) is 5.21. The van der Waals surface area contributed by atoms with Gasteiger partial charge in [0.1, 0.15) is 5.25 Å². The monoisotopic (exact) mass is 376 g/mol. The van der Waals surface area contributed by atoms with Crippen LogP contribution in [-0.2, 0) is 10.0 Å². The van der Waals surface area contributed by atoms with Crippen molar-refractivity contribution in [1.29, 1.82) is 0 Å². The number of hydrogen-bond donors (Lipinski definition) is 0. The molecule has 0 N–H and O–H groups in total. The van der Waals surface area contributed by atoms with Gasteiger partial charge in [0.05, 0.1) is 5.69 Å². The molecule has 2 heterocycles. The molecule has 1 aliphatic rings. The summed E-state index contributed by atoms with van der Waals surface area (Å²) in [6.45, 7) is 8.98. The molecule has 26 heavy (non-hydrogen) atoms. The van der Waals surface area contributed by atoms with Crippen LogP contribution in [0.2, 0.25) is 0 Å². The molecule has 1 saturated heterocycles. The summed E-state index contributed by atoms with van der Waals surface area (Å²) in [5.74, 6) is 1.87. The molecular formula is C19H28N4O2S. The Morgan fingerprint density at radius 1 is 1.19 bits per heavy atom. The van der Waals surface area contributed by atoms with Crippen molar-refractivity contribution in [1.82, 2.24) is 19.1 Å². The number of sulfonamides is 1. The third kappa shape index (κ3) is 3.30. The standard InChI is InChI=1S/C19H28N4O2S/c1-6-14(4)18-20-19(17-11-12-22(5)26(17,24)25)23(21-18)16-9-7-15(8-10-16)13(2)3/h7-10,13-14,17H,6,11-12H2,1-5H3. The molecule has 1 aromatic carbocycles.